The Morgan fingerprint density at radius 3 is 2.86 bits per heavy atom. The monoisotopic (exact) mass is 193 g/mol. The number of hydrogen-bond acceptors (Lipinski definition) is 4. The third-order valence-electron chi connectivity index (χ3n) is 2.64. The van der Waals surface area contributed by atoms with Crippen molar-refractivity contribution >= 4 is 5.82 Å². The number of rotatable bonds is 1. The van der Waals surface area contributed by atoms with Crippen LogP contribution >= 0.6 is 0 Å². The Kier molecular flexibility index (Phi) is 2.37. The highest BCUT2D eigenvalue weighted by molar-refractivity contribution is 5.41. The quantitative estimate of drug-likeness (QED) is 0.715. The molecule has 2 unspecified atom stereocenters. The summed E-state index contributed by atoms with van der Waals surface area (Å²) in [6.07, 6.45) is 2.17. The van der Waals surface area contributed by atoms with Crippen LogP contribution < -0.4 is 4.90 Å². The van der Waals surface area contributed by atoms with E-state index in [4.69, 9.17) is 0 Å². The van der Waals surface area contributed by atoms with Crippen molar-refractivity contribution in [1.82, 2.24) is 9.97 Å². The van der Waals surface area contributed by atoms with Gasteiger partial charge in [-0.1, -0.05) is 0 Å². The summed E-state index contributed by atoms with van der Waals surface area (Å²) in [4.78, 5) is 10.4. The van der Waals surface area contributed by atoms with E-state index >= 15 is 0 Å². The predicted molar refractivity (Wildman–Crippen MR) is 54.2 cm³/mol. The van der Waals surface area contributed by atoms with E-state index in [2.05, 4.69) is 21.8 Å². The topological polar surface area (TPSA) is 49.2 Å². The third kappa shape index (κ3) is 1.70. The first-order valence-corrected chi connectivity index (χ1v) is 4.90. The van der Waals surface area contributed by atoms with Crippen LogP contribution in [0.1, 0.15) is 19.0 Å². The number of aliphatic hydroxyl groups is 1. The number of anilines is 1. The van der Waals surface area contributed by atoms with Gasteiger partial charge < -0.3 is 10.0 Å². The molecule has 0 radical (unpaired) electrons. The van der Waals surface area contributed by atoms with Gasteiger partial charge in [-0.25, -0.2) is 9.97 Å². The van der Waals surface area contributed by atoms with Gasteiger partial charge in [0.1, 0.15) is 12.1 Å². The van der Waals surface area contributed by atoms with Gasteiger partial charge in [-0.2, -0.15) is 0 Å². The maximum Gasteiger partial charge on any atom is 0.132 e. The maximum atomic E-state index is 9.52. The van der Waals surface area contributed by atoms with E-state index in [1.165, 1.54) is 0 Å². The van der Waals surface area contributed by atoms with Crippen molar-refractivity contribution in [1.29, 1.82) is 0 Å². The number of nitrogens with zero attached hydrogens (tertiary/aromatic N) is 3. The molecule has 2 rings (SSSR count). The minimum absolute atomic E-state index is 0.222. The van der Waals surface area contributed by atoms with Crippen molar-refractivity contribution in [3.63, 3.8) is 0 Å². The van der Waals surface area contributed by atoms with Gasteiger partial charge in [-0.05, 0) is 20.3 Å². The molecule has 0 aliphatic carbocycles. The second-order valence-electron chi connectivity index (χ2n) is 3.91. The van der Waals surface area contributed by atoms with Gasteiger partial charge in [0.15, 0.2) is 0 Å². The SMILES string of the molecule is Cc1cc(N2CC(O)CC2C)ncn1. The molecule has 4 heteroatoms. The molecular formula is C10H15N3O. The van der Waals surface area contributed by atoms with Crippen molar-refractivity contribution < 1.29 is 5.11 Å². The predicted octanol–water partition coefficient (Wildman–Crippen LogP) is 0.745. The molecule has 1 N–H and O–H groups in total. The van der Waals surface area contributed by atoms with Crippen LogP contribution in [0.5, 0.6) is 0 Å². The van der Waals surface area contributed by atoms with Crippen LogP contribution in [-0.2, 0) is 0 Å². The molecule has 0 spiro atoms. The van der Waals surface area contributed by atoms with Crippen molar-refractivity contribution in [2.24, 2.45) is 0 Å². The Morgan fingerprint density at radius 1 is 1.50 bits per heavy atom. The average Bonchev–Trinajstić information content (AvgIpc) is 2.45. The summed E-state index contributed by atoms with van der Waals surface area (Å²) in [6, 6.07) is 2.31. The van der Waals surface area contributed by atoms with Crippen molar-refractivity contribution in [2.45, 2.75) is 32.4 Å². The number of aryl methyl sites for hydroxylation is 1. The molecule has 14 heavy (non-hydrogen) atoms. The smallest absolute Gasteiger partial charge is 0.132 e. The zero-order valence-corrected chi connectivity index (χ0v) is 8.51. The second kappa shape index (κ2) is 3.53. The minimum atomic E-state index is -0.222. The molecule has 0 aromatic carbocycles. The molecule has 0 saturated carbocycles. The van der Waals surface area contributed by atoms with E-state index in [9.17, 15) is 5.11 Å². The van der Waals surface area contributed by atoms with E-state index in [1.54, 1.807) is 6.33 Å². The van der Waals surface area contributed by atoms with Crippen LogP contribution in [0.4, 0.5) is 5.82 Å². The summed E-state index contributed by atoms with van der Waals surface area (Å²) in [5.74, 6) is 0.918. The van der Waals surface area contributed by atoms with Gasteiger partial charge >= 0.3 is 0 Å². The van der Waals surface area contributed by atoms with Crippen molar-refractivity contribution in [3.05, 3.63) is 18.1 Å². The largest absolute Gasteiger partial charge is 0.391 e. The molecule has 1 aromatic rings. The fourth-order valence-electron chi connectivity index (χ4n) is 1.92. The molecule has 1 aliphatic rings. The molecule has 1 aromatic heterocycles. The van der Waals surface area contributed by atoms with E-state index in [-0.39, 0.29) is 6.10 Å². The van der Waals surface area contributed by atoms with E-state index in [1.807, 2.05) is 13.0 Å². The lowest BCUT2D eigenvalue weighted by Gasteiger charge is -2.21. The van der Waals surface area contributed by atoms with Crippen LogP contribution in [0.3, 0.4) is 0 Å². The van der Waals surface area contributed by atoms with E-state index in [0.717, 1.165) is 17.9 Å². The molecule has 2 atom stereocenters. The fraction of sp³-hybridized carbons (Fsp3) is 0.600. The Morgan fingerprint density at radius 2 is 2.29 bits per heavy atom. The molecule has 1 aliphatic heterocycles. The number of aromatic nitrogens is 2. The first-order chi connectivity index (χ1) is 6.66. The van der Waals surface area contributed by atoms with Crippen LogP contribution in [0.25, 0.3) is 0 Å². The molecule has 1 saturated heterocycles. The average molecular weight is 193 g/mol. The number of β-amino-alcohol motifs (C(OH)–C–C–N with tert-alkyl or cyclic N) is 1. The summed E-state index contributed by atoms with van der Waals surface area (Å²) >= 11 is 0. The molecule has 2 heterocycles. The van der Waals surface area contributed by atoms with Crippen LogP contribution in [0.2, 0.25) is 0 Å². The van der Waals surface area contributed by atoms with Gasteiger partial charge in [-0.15, -0.1) is 0 Å². The zero-order chi connectivity index (χ0) is 10.1. The summed E-state index contributed by atoms with van der Waals surface area (Å²) in [5, 5.41) is 9.52. The van der Waals surface area contributed by atoms with Gasteiger partial charge in [-0.3, -0.25) is 0 Å². The van der Waals surface area contributed by atoms with Crippen LogP contribution in [0, 0.1) is 6.92 Å². The molecule has 0 bridgehead atoms. The van der Waals surface area contributed by atoms with Gasteiger partial charge in [0.25, 0.3) is 0 Å². The Balaban J connectivity index is 2.23. The molecule has 4 nitrogen and oxygen atoms in total. The molecule has 0 amide bonds. The minimum Gasteiger partial charge on any atom is -0.391 e. The van der Waals surface area contributed by atoms with Gasteiger partial charge in [0, 0.05) is 24.3 Å². The van der Waals surface area contributed by atoms with E-state index in [0.29, 0.717) is 12.6 Å². The molecular weight excluding hydrogens is 178 g/mol. The first-order valence-electron chi connectivity index (χ1n) is 4.90. The van der Waals surface area contributed by atoms with Gasteiger partial charge in [0.05, 0.1) is 6.10 Å². The Hall–Kier alpha value is -1.16. The second-order valence-corrected chi connectivity index (χ2v) is 3.91. The molecule has 76 valence electrons. The lowest BCUT2D eigenvalue weighted by Crippen LogP contribution is -2.28. The van der Waals surface area contributed by atoms with E-state index < -0.39 is 0 Å². The summed E-state index contributed by atoms with van der Waals surface area (Å²) in [5.41, 5.74) is 0.962. The highest BCUT2D eigenvalue weighted by Crippen LogP contribution is 2.23. The number of hydrogen-bond donors (Lipinski definition) is 1. The van der Waals surface area contributed by atoms with Gasteiger partial charge in [0.2, 0.25) is 0 Å². The lowest BCUT2D eigenvalue weighted by molar-refractivity contribution is 0.195. The Labute approximate surface area is 83.6 Å². The summed E-state index contributed by atoms with van der Waals surface area (Å²) < 4.78 is 0. The maximum absolute atomic E-state index is 9.52. The highest BCUT2D eigenvalue weighted by atomic mass is 16.3. The summed E-state index contributed by atoms with van der Waals surface area (Å²) in [7, 11) is 0. The Bertz CT molecular complexity index is 329. The standard InChI is InChI=1S/C10H15N3O/c1-7-3-10(12-6-11-7)13-5-9(14)4-8(13)2/h3,6,8-9,14H,4-5H2,1-2H3. The normalized spacial score (nSPS) is 26.9. The lowest BCUT2D eigenvalue weighted by atomic mass is 10.2. The van der Waals surface area contributed by atoms with Crippen molar-refractivity contribution in [2.75, 3.05) is 11.4 Å². The first kappa shape index (κ1) is 9.40. The van der Waals surface area contributed by atoms with Crippen LogP contribution in [0.15, 0.2) is 12.4 Å². The molecule has 1 fully saturated rings. The van der Waals surface area contributed by atoms with Crippen molar-refractivity contribution in [3.8, 4) is 0 Å². The fourth-order valence-corrected chi connectivity index (χ4v) is 1.92. The zero-order valence-electron chi connectivity index (χ0n) is 8.51. The number of aliphatic hydroxyl groups excluding tert-OH is 1. The third-order valence-corrected chi connectivity index (χ3v) is 2.64. The van der Waals surface area contributed by atoms with Crippen LogP contribution in [-0.4, -0.2) is 33.8 Å². The summed E-state index contributed by atoms with van der Waals surface area (Å²) in [6.45, 7) is 4.73. The highest BCUT2D eigenvalue weighted by Gasteiger charge is 2.28.